The number of nitrogens with zero attached hydrogens (tertiary/aromatic N) is 2. The summed E-state index contributed by atoms with van der Waals surface area (Å²) >= 11 is 1.65. The number of carbonyl (C=O) groups excluding carboxylic acids is 3. The van der Waals surface area contributed by atoms with Gasteiger partial charge in [0.25, 0.3) is 0 Å². The summed E-state index contributed by atoms with van der Waals surface area (Å²) in [5.41, 5.74) is 2.31. The topological polar surface area (TPSA) is 80.6 Å². The molecule has 1 aliphatic heterocycles. The lowest BCUT2D eigenvalue weighted by atomic mass is 10.1. The lowest BCUT2D eigenvalue weighted by Gasteiger charge is -2.24. The number of carbonyl (C=O) groups is 3. The maximum absolute atomic E-state index is 12.5. The van der Waals surface area contributed by atoms with Crippen molar-refractivity contribution in [1.29, 1.82) is 0 Å². The SMILES string of the molecule is COC(=O)C(CCCCN1C(=O)CSC1c1cn(C)c2ccccc12)NC(C)=O. The number of unbranched alkanes of at least 4 members (excludes halogenated alkanes) is 1. The van der Waals surface area contributed by atoms with E-state index in [0.29, 0.717) is 25.1 Å². The average Bonchev–Trinajstić information content (AvgIpc) is 3.23. The van der Waals surface area contributed by atoms with Crippen molar-refractivity contribution in [2.45, 2.75) is 37.6 Å². The molecule has 3 rings (SSSR count). The zero-order chi connectivity index (χ0) is 21.0. The highest BCUT2D eigenvalue weighted by atomic mass is 32.2. The maximum atomic E-state index is 12.5. The van der Waals surface area contributed by atoms with Crippen LogP contribution in [0.5, 0.6) is 0 Å². The number of thioether (sulfide) groups is 1. The van der Waals surface area contributed by atoms with Gasteiger partial charge in [0.1, 0.15) is 11.4 Å². The van der Waals surface area contributed by atoms with Gasteiger partial charge in [0.2, 0.25) is 11.8 Å². The van der Waals surface area contributed by atoms with Crippen LogP contribution in [0.1, 0.15) is 37.1 Å². The predicted octanol–water partition coefficient (Wildman–Crippen LogP) is 2.60. The Kier molecular flexibility index (Phi) is 6.84. The average molecular weight is 418 g/mol. The maximum Gasteiger partial charge on any atom is 0.328 e. The van der Waals surface area contributed by atoms with Crippen molar-refractivity contribution in [3.63, 3.8) is 0 Å². The molecule has 1 saturated heterocycles. The van der Waals surface area contributed by atoms with Gasteiger partial charge >= 0.3 is 5.97 Å². The number of methoxy groups -OCH3 is 1. The van der Waals surface area contributed by atoms with Gasteiger partial charge in [-0.1, -0.05) is 18.2 Å². The molecule has 0 saturated carbocycles. The third-order valence-electron chi connectivity index (χ3n) is 5.17. The summed E-state index contributed by atoms with van der Waals surface area (Å²) in [7, 11) is 3.33. The molecule has 7 nitrogen and oxygen atoms in total. The fourth-order valence-corrected chi connectivity index (χ4v) is 5.03. The zero-order valence-corrected chi connectivity index (χ0v) is 17.8. The molecular weight excluding hydrogens is 390 g/mol. The molecule has 2 heterocycles. The Morgan fingerprint density at radius 3 is 2.79 bits per heavy atom. The molecule has 2 atom stereocenters. The van der Waals surface area contributed by atoms with Crippen molar-refractivity contribution in [3.8, 4) is 0 Å². The normalized spacial score (nSPS) is 17.6. The Morgan fingerprint density at radius 2 is 2.07 bits per heavy atom. The van der Waals surface area contributed by atoms with Crippen molar-refractivity contribution in [2.75, 3.05) is 19.4 Å². The molecule has 0 bridgehead atoms. The third kappa shape index (κ3) is 4.75. The summed E-state index contributed by atoms with van der Waals surface area (Å²) in [5.74, 6) is -0.0895. The highest BCUT2D eigenvalue weighted by molar-refractivity contribution is 8.00. The molecule has 0 radical (unpaired) electrons. The van der Waals surface area contributed by atoms with Crippen molar-refractivity contribution < 1.29 is 19.1 Å². The molecule has 8 heteroatoms. The van der Waals surface area contributed by atoms with Crippen LogP contribution in [0.3, 0.4) is 0 Å². The summed E-state index contributed by atoms with van der Waals surface area (Å²) in [4.78, 5) is 37.5. The van der Waals surface area contributed by atoms with Crippen molar-refractivity contribution in [1.82, 2.24) is 14.8 Å². The Bertz CT molecular complexity index is 910. The smallest absolute Gasteiger partial charge is 0.328 e. The van der Waals surface area contributed by atoms with Crippen LogP contribution < -0.4 is 5.32 Å². The first-order valence-corrected chi connectivity index (χ1v) is 10.8. The molecule has 156 valence electrons. The molecule has 1 aromatic heterocycles. The van der Waals surface area contributed by atoms with Crippen molar-refractivity contribution >= 4 is 40.4 Å². The number of nitrogens with one attached hydrogen (secondary N) is 1. The first-order chi connectivity index (χ1) is 13.9. The molecule has 2 amide bonds. The first-order valence-electron chi connectivity index (χ1n) is 9.72. The highest BCUT2D eigenvalue weighted by Gasteiger charge is 2.34. The number of rotatable bonds is 8. The van der Waals surface area contributed by atoms with Gasteiger partial charge in [0, 0.05) is 43.2 Å². The third-order valence-corrected chi connectivity index (χ3v) is 6.40. The molecule has 1 N–H and O–H groups in total. The predicted molar refractivity (Wildman–Crippen MR) is 113 cm³/mol. The van der Waals surface area contributed by atoms with Crippen LogP contribution in [-0.2, 0) is 26.2 Å². The largest absolute Gasteiger partial charge is 0.467 e. The first kappa shape index (κ1) is 21.2. The van der Waals surface area contributed by atoms with E-state index in [0.717, 1.165) is 17.5 Å². The minimum absolute atomic E-state index is 0.000323. The van der Waals surface area contributed by atoms with Gasteiger partial charge in [0.15, 0.2) is 0 Å². The van der Waals surface area contributed by atoms with Crippen LogP contribution >= 0.6 is 11.8 Å². The quantitative estimate of drug-likeness (QED) is 0.528. The zero-order valence-electron chi connectivity index (χ0n) is 17.0. The second kappa shape index (κ2) is 9.35. The van der Waals surface area contributed by atoms with Crippen LogP contribution in [0, 0.1) is 0 Å². The van der Waals surface area contributed by atoms with E-state index in [1.165, 1.54) is 19.4 Å². The Balaban J connectivity index is 1.64. The van der Waals surface area contributed by atoms with E-state index in [4.69, 9.17) is 4.74 Å². The number of benzene rings is 1. The van der Waals surface area contributed by atoms with E-state index in [1.54, 1.807) is 11.8 Å². The fraction of sp³-hybridized carbons (Fsp3) is 0.476. The summed E-state index contributed by atoms with van der Waals surface area (Å²) in [6, 6.07) is 7.58. The summed E-state index contributed by atoms with van der Waals surface area (Å²) < 4.78 is 6.85. The van der Waals surface area contributed by atoms with E-state index < -0.39 is 12.0 Å². The minimum Gasteiger partial charge on any atom is -0.467 e. The number of aryl methyl sites for hydroxylation is 1. The monoisotopic (exact) mass is 417 g/mol. The van der Waals surface area contributed by atoms with Crippen LogP contribution in [0.25, 0.3) is 10.9 Å². The molecule has 2 aromatic rings. The van der Waals surface area contributed by atoms with Crippen LogP contribution in [0.15, 0.2) is 30.5 Å². The minimum atomic E-state index is -0.644. The number of aromatic nitrogens is 1. The molecule has 2 unspecified atom stereocenters. The summed E-state index contributed by atoms with van der Waals surface area (Å²) in [6.45, 7) is 2.00. The van der Waals surface area contributed by atoms with Crippen LogP contribution in [-0.4, -0.2) is 52.7 Å². The van der Waals surface area contributed by atoms with Crippen molar-refractivity contribution in [3.05, 3.63) is 36.0 Å². The van der Waals surface area contributed by atoms with Crippen LogP contribution in [0.4, 0.5) is 0 Å². The number of esters is 1. The Labute approximate surface area is 174 Å². The van der Waals surface area contributed by atoms with Gasteiger partial charge in [-0.3, -0.25) is 9.59 Å². The van der Waals surface area contributed by atoms with Gasteiger partial charge in [-0.05, 0) is 25.3 Å². The number of ether oxygens (including phenoxy) is 1. The number of amides is 2. The van der Waals surface area contributed by atoms with Gasteiger partial charge in [0.05, 0.1) is 12.9 Å². The van der Waals surface area contributed by atoms with E-state index >= 15 is 0 Å². The lowest BCUT2D eigenvalue weighted by molar-refractivity contribution is -0.145. The fourth-order valence-electron chi connectivity index (χ4n) is 3.79. The van der Waals surface area contributed by atoms with Gasteiger partial charge in [-0.25, -0.2) is 4.79 Å². The van der Waals surface area contributed by atoms with E-state index in [9.17, 15) is 14.4 Å². The molecule has 1 fully saturated rings. The number of hydrogen-bond acceptors (Lipinski definition) is 5. The standard InChI is InChI=1S/C21H27N3O4S/c1-14(25)22-17(21(27)28-3)9-6-7-11-24-19(26)13-29-20(24)16-12-23(2)18-10-5-4-8-15(16)18/h4-5,8,10,12,17,20H,6-7,9,11,13H2,1-3H3,(H,22,25). The van der Waals surface area contributed by atoms with Gasteiger partial charge in [-0.2, -0.15) is 0 Å². The summed E-state index contributed by atoms with van der Waals surface area (Å²) in [5, 5.41) is 3.79. The molecular formula is C21H27N3O4S. The molecule has 0 spiro atoms. The highest BCUT2D eigenvalue weighted by Crippen LogP contribution is 2.42. The van der Waals surface area contributed by atoms with E-state index in [2.05, 4.69) is 28.2 Å². The number of para-hydroxylation sites is 1. The number of hydrogen-bond donors (Lipinski definition) is 1. The lowest BCUT2D eigenvalue weighted by Crippen LogP contribution is -2.40. The van der Waals surface area contributed by atoms with E-state index in [1.807, 2.05) is 24.1 Å². The molecule has 1 aliphatic rings. The van der Waals surface area contributed by atoms with Crippen molar-refractivity contribution in [2.24, 2.45) is 7.05 Å². The molecule has 29 heavy (non-hydrogen) atoms. The molecule has 1 aromatic carbocycles. The molecule has 0 aliphatic carbocycles. The van der Waals surface area contributed by atoms with Gasteiger partial charge < -0.3 is 19.5 Å². The second-order valence-electron chi connectivity index (χ2n) is 7.24. The number of fused-ring (bicyclic) bond motifs is 1. The Morgan fingerprint density at radius 1 is 1.31 bits per heavy atom. The summed E-state index contributed by atoms with van der Waals surface area (Å²) in [6.07, 6.45) is 4.05. The Hall–Kier alpha value is -2.48. The van der Waals surface area contributed by atoms with Crippen LogP contribution in [0.2, 0.25) is 0 Å². The van der Waals surface area contributed by atoms with E-state index in [-0.39, 0.29) is 17.2 Å². The van der Waals surface area contributed by atoms with Gasteiger partial charge in [-0.15, -0.1) is 11.8 Å². The second-order valence-corrected chi connectivity index (χ2v) is 8.30.